The van der Waals surface area contributed by atoms with Gasteiger partial charge in [0.05, 0.1) is 0 Å². The molecule has 0 nitrogen and oxygen atoms in total. The zero-order valence-corrected chi connectivity index (χ0v) is 23.9. The van der Waals surface area contributed by atoms with Gasteiger partial charge < -0.3 is 0 Å². The summed E-state index contributed by atoms with van der Waals surface area (Å²) in [6, 6.07) is 27.3. The van der Waals surface area contributed by atoms with Gasteiger partial charge >= 0.3 is 0 Å². The van der Waals surface area contributed by atoms with Crippen LogP contribution in [-0.2, 0) is 10.9 Å². The lowest BCUT2D eigenvalue weighted by molar-refractivity contribution is 1.13. The summed E-state index contributed by atoms with van der Waals surface area (Å²) in [4.78, 5) is 6.87. The van der Waals surface area contributed by atoms with Crippen LogP contribution in [0.4, 0.5) is 0 Å². The normalized spacial score (nSPS) is 11.3. The second kappa shape index (κ2) is 10.3. The first-order valence-corrected chi connectivity index (χ1v) is 14.3. The number of hydrogen-bond acceptors (Lipinski definition) is 1. The van der Waals surface area contributed by atoms with Crippen LogP contribution in [0.2, 0.25) is 0 Å². The van der Waals surface area contributed by atoms with Crippen LogP contribution in [0, 0.1) is 45.1 Å². The molecule has 0 atom stereocenters. The van der Waals surface area contributed by atoms with Gasteiger partial charge in [-0.1, -0.05) is 47.2 Å². The monoisotopic (exact) mass is 581 g/mol. The predicted molar refractivity (Wildman–Crippen MR) is 153 cm³/mol. The van der Waals surface area contributed by atoms with E-state index in [1.165, 1.54) is 61.4 Å². The van der Waals surface area contributed by atoms with Crippen molar-refractivity contribution in [1.29, 1.82) is 0 Å². The van der Waals surface area contributed by atoms with Crippen LogP contribution in [0.15, 0.2) is 97.3 Å². The van der Waals surface area contributed by atoms with Crippen molar-refractivity contribution >= 4 is 45.2 Å². The van der Waals surface area contributed by atoms with Gasteiger partial charge in [-0.05, 0) is 113 Å². The van der Waals surface area contributed by atoms with Gasteiger partial charge in [0.15, 0.2) is 14.7 Å². The molecule has 0 aromatic heterocycles. The fourth-order valence-electron chi connectivity index (χ4n) is 4.60. The molecule has 0 saturated heterocycles. The molecule has 0 heterocycles. The number of aryl methyl sites for hydroxylation is 6. The van der Waals surface area contributed by atoms with Gasteiger partial charge in [-0.15, -0.1) is 0 Å². The Morgan fingerprint density at radius 2 is 0.909 bits per heavy atom. The van der Waals surface area contributed by atoms with Gasteiger partial charge in [0.2, 0.25) is 0 Å². The van der Waals surface area contributed by atoms with Gasteiger partial charge in [0.1, 0.15) is 10.9 Å². The highest BCUT2D eigenvalue weighted by atomic mass is 127. The van der Waals surface area contributed by atoms with Crippen molar-refractivity contribution in [2.45, 2.75) is 66.0 Å². The van der Waals surface area contributed by atoms with E-state index in [0.717, 1.165) is 0 Å². The molecule has 4 aromatic rings. The van der Waals surface area contributed by atoms with Gasteiger partial charge in [-0.3, -0.25) is 0 Å². The molecule has 0 radical (unpaired) electrons. The van der Waals surface area contributed by atoms with Crippen molar-refractivity contribution in [1.82, 2.24) is 0 Å². The van der Waals surface area contributed by atoms with Crippen LogP contribution >= 0.6 is 34.4 Å². The molecule has 0 aliphatic heterocycles. The highest BCUT2D eigenvalue weighted by Gasteiger charge is 2.35. The molecule has 0 saturated carbocycles. The van der Waals surface area contributed by atoms with Crippen LogP contribution in [0.5, 0.6) is 0 Å². The van der Waals surface area contributed by atoms with E-state index < -0.39 is 0 Å². The SMILES string of the molecule is Cc1cc(C)c([S+](c2ccc(Sc3ccc(I)cc3)cc2)c2c(C)cc(C)cc2C)c(C)c1. The quantitative estimate of drug-likeness (QED) is 0.167. The number of halogens is 1. The van der Waals surface area contributed by atoms with Crippen LogP contribution < -0.4 is 0 Å². The molecular weight excluding hydrogens is 551 g/mol. The van der Waals surface area contributed by atoms with Crippen LogP contribution in [0.25, 0.3) is 0 Å². The van der Waals surface area contributed by atoms with Crippen LogP contribution in [0.3, 0.4) is 0 Å². The predicted octanol–water partition coefficient (Wildman–Crippen LogP) is 9.39. The summed E-state index contributed by atoms with van der Waals surface area (Å²) in [5.41, 5.74) is 8.19. The van der Waals surface area contributed by atoms with Crippen molar-refractivity contribution in [3.8, 4) is 0 Å². The second-order valence-corrected chi connectivity index (χ2v) is 13.1. The first-order valence-electron chi connectivity index (χ1n) is 11.2. The molecule has 0 spiro atoms. The molecule has 0 aliphatic rings. The third kappa shape index (κ3) is 5.52. The van der Waals surface area contributed by atoms with E-state index in [0.29, 0.717) is 0 Å². The maximum absolute atomic E-state index is 2.36. The summed E-state index contributed by atoms with van der Waals surface area (Å²) < 4.78 is 1.27. The summed E-state index contributed by atoms with van der Waals surface area (Å²) in [6.45, 7) is 13.5. The van der Waals surface area contributed by atoms with Crippen LogP contribution in [-0.4, -0.2) is 0 Å². The van der Waals surface area contributed by atoms with Gasteiger partial charge in [-0.2, -0.15) is 0 Å². The number of benzene rings is 4. The lowest BCUT2D eigenvalue weighted by atomic mass is 10.1. The molecule has 168 valence electrons. The molecule has 0 amide bonds. The molecule has 33 heavy (non-hydrogen) atoms. The molecule has 0 unspecified atom stereocenters. The van der Waals surface area contributed by atoms with Crippen molar-refractivity contribution in [3.05, 3.63) is 110 Å². The maximum Gasteiger partial charge on any atom is 0.172 e. The molecule has 0 fully saturated rings. The molecule has 0 N–H and O–H groups in total. The Bertz CT molecular complexity index is 1180. The Hall–Kier alpha value is -1.69. The molecule has 3 heteroatoms. The largest absolute Gasteiger partial charge is 0.172 e. The van der Waals surface area contributed by atoms with E-state index in [9.17, 15) is 0 Å². The highest BCUT2D eigenvalue weighted by Crippen LogP contribution is 2.40. The van der Waals surface area contributed by atoms with E-state index in [1.807, 2.05) is 11.8 Å². The summed E-state index contributed by atoms with van der Waals surface area (Å²) >= 11 is 4.18. The van der Waals surface area contributed by atoms with E-state index in [-0.39, 0.29) is 10.9 Å². The van der Waals surface area contributed by atoms with E-state index >= 15 is 0 Å². The average Bonchev–Trinajstić information content (AvgIpc) is 2.73. The average molecular weight is 582 g/mol. The van der Waals surface area contributed by atoms with Crippen molar-refractivity contribution in [3.63, 3.8) is 0 Å². The van der Waals surface area contributed by atoms with E-state index in [1.54, 1.807) is 0 Å². The standard InChI is InChI=1S/C30H30IS2/c1-19-15-21(3)29(22(4)16-19)33(30-23(5)17-20(2)18-24(30)6)28-13-11-27(12-14-28)32-26-9-7-25(31)8-10-26/h7-18H,1-6H3/q+1. The lowest BCUT2D eigenvalue weighted by Crippen LogP contribution is -2.12. The minimum atomic E-state index is -0.146. The molecule has 4 aromatic carbocycles. The molecular formula is C30H30IS2+. The summed E-state index contributed by atoms with van der Waals surface area (Å²) in [6.07, 6.45) is 0. The molecule has 0 bridgehead atoms. The fourth-order valence-corrected chi connectivity index (χ4v) is 8.38. The van der Waals surface area contributed by atoms with E-state index in [2.05, 4.69) is 137 Å². The minimum Gasteiger partial charge on any atom is -0.0901 e. The van der Waals surface area contributed by atoms with Gasteiger partial charge in [0, 0.05) is 35.6 Å². The van der Waals surface area contributed by atoms with Crippen LogP contribution in [0.1, 0.15) is 33.4 Å². The molecule has 0 aliphatic carbocycles. The molecule has 4 rings (SSSR count). The zero-order chi connectivity index (χ0) is 23.7. The summed E-state index contributed by atoms with van der Waals surface area (Å²) in [5.74, 6) is 0. The summed E-state index contributed by atoms with van der Waals surface area (Å²) in [5, 5.41) is 0. The Labute approximate surface area is 219 Å². The number of rotatable bonds is 5. The Morgan fingerprint density at radius 1 is 0.545 bits per heavy atom. The van der Waals surface area contributed by atoms with E-state index in [4.69, 9.17) is 0 Å². The first kappa shape index (κ1) is 24.4. The van der Waals surface area contributed by atoms with Gasteiger partial charge in [0.25, 0.3) is 0 Å². The number of hydrogen-bond donors (Lipinski definition) is 0. The summed E-state index contributed by atoms with van der Waals surface area (Å²) in [7, 11) is -0.146. The van der Waals surface area contributed by atoms with Crippen molar-refractivity contribution in [2.75, 3.05) is 0 Å². The third-order valence-corrected chi connectivity index (χ3v) is 10.3. The Kier molecular flexibility index (Phi) is 7.62. The first-order chi connectivity index (χ1) is 15.7. The Morgan fingerprint density at radius 3 is 1.30 bits per heavy atom. The highest BCUT2D eigenvalue weighted by molar-refractivity contribution is 14.1. The fraction of sp³-hybridized carbons (Fsp3) is 0.200. The van der Waals surface area contributed by atoms with Crippen molar-refractivity contribution in [2.24, 2.45) is 0 Å². The zero-order valence-electron chi connectivity index (χ0n) is 20.1. The van der Waals surface area contributed by atoms with Crippen molar-refractivity contribution < 1.29 is 0 Å². The minimum absolute atomic E-state index is 0.146. The maximum atomic E-state index is 2.36. The lowest BCUT2D eigenvalue weighted by Gasteiger charge is -2.17. The third-order valence-electron chi connectivity index (χ3n) is 5.73. The van der Waals surface area contributed by atoms with Gasteiger partial charge in [-0.25, -0.2) is 0 Å². The second-order valence-electron chi connectivity index (χ2n) is 8.79. The smallest absolute Gasteiger partial charge is 0.0901 e. The Balaban J connectivity index is 1.81. The topological polar surface area (TPSA) is 0 Å².